The summed E-state index contributed by atoms with van der Waals surface area (Å²) in [6.45, 7) is 2.32. The lowest BCUT2D eigenvalue weighted by molar-refractivity contribution is 0.923. The van der Waals surface area contributed by atoms with E-state index in [9.17, 15) is 0 Å². The minimum absolute atomic E-state index is 0.309. The summed E-state index contributed by atoms with van der Waals surface area (Å²) >= 11 is 1.99. The van der Waals surface area contributed by atoms with Gasteiger partial charge in [-0.25, -0.2) is 0 Å². The first kappa shape index (κ1) is 24.3. The maximum absolute atomic E-state index is 2.41. The molecule has 1 aromatic heterocycles. The summed E-state index contributed by atoms with van der Waals surface area (Å²) in [7, 11) is 0. The molecule has 1 aliphatic rings. The summed E-state index contributed by atoms with van der Waals surface area (Å²) in [5.74, 6) is 0.309. The van der Waals surface area contributed by atoms with Gasteiger partial charge < -0.3 is 0 Å². The van der Waals surface area contributed by atoms with Crippen molar-refractivity contribution < 1.29 is 0 Å². The van der Waals surface area contributed by atoms with Gasteiger partial charge in [-0.1, -0.05) is 140 Å². The topological polar surface area (TPSA) is 0 Å². The van der Waals surface area contributed by atoms with Gasteiger partial charge in [-0.2, -0.15) is 0 Å². The highest BCUT2D eigenvalue weighted by molar-refractivity contribution is 7.26. The van der Waals surface area contributed by atoms with Gasteiger partial charge in [0.05, 0.1) is 0 Å². The van der Waals surface area contributed by atoms with E-state index in [1.807, 2.05) is 11.3 Å². The molecular weight excluding hydrogens is 513 g/mol. The molecular formula is C40H30S. The van der Waals surface area contributed by atoms with Gasteiger partial charge in [0, 0.05) is 26.1 Å². The number of benzene rings is 6. The van der Waals surface area contributed by atoms with Gasteiger partial charge in [-0.15, -0.1) is 11.3 Å². The molecule has 1 unspecified atom stereocenters. The molecule has 0 radical (unpaired) electrons. The van der Waals surface area contributed by atoms with Crippen molar-refractivity contribution in [2.75, 3.05) is 0 Å². The SMILES string of the molecule is CC(c1ccc(-c2ccccc2)cc1)c1cccc(-c2cccc3c2sc2c4c(c5ccccc5c23)C=CCC4)c1. The van der Waals surface area contributed by atoms with E-state index in [2.05, 4.69) is 140 Å². The molecule has 0 aliphatic heterocycles. The largest absolute Gasteiger partial charge is 0.134 e. The van der Waals surface area contributed by atoms with Crippen LogP contribution in [0.2, 0.25) is 0 Å². The lowest BCUT2D eigenvalue weighted by atomic mass is 9.88. The van der Waals surface area contributed by atoms with Crippen LogP contribution in [0, 0.1) is 0 Å². The molecule has 1 heterocycles. The molecule has 0 N–H and O–H groups in total. The van der Waals surface area contributed by atoms with Crippen molar-refractivity contribution in [3.63, 3.8) is 0 Å². The highest BCUT2D eigenvalue weighted by Gasteiger charge is 2.20. The minimum Gasteiger partial charge on any atom is -0.134 e. The van der Waals surface area contributed by atoms with E-state index in [1.54, 1.807) is 0 Å². The Hall–Kier alpha value is -4.46. The normalized spacial score (nSPS) is 13.6. The average molecular weight is 543 g/mol. The molecule has 0 nitrogen and oxygen atoms in total. The van der Waals surface area contributed by atoms with E-state index in [0.717, 1.165) is 12.8 Å². The standard InChI is InChI=1S/C40H30S/c1-26(27-21-23-29(24-22-27)28-11-3-2-4-12-28)30-13-9-14-31(25-30)32-19-10-20-37-38-35-17-7-5-15-33(35)34-16-6-8-18-36(34)40(38)41-39(32)37/h2-7,9-17,19-26H,8,18H2,1H3. The fourth-order valence-corrected chi connectivity index (χ4v) is 8.11. The van der Waals surface area contributed by atoms with Crippen LogP contribution in [0.25, 0.3) is 59.3 Å². The van der Waals surface area contributed by atoms with Crippen LogP contribution in [0.5, 0.6) is 0 Å². The summed E-state index contributed by atoms with van der Waals surface area (Å²) in [5.41, 5.74) is 10.8. The van der Waals surface area contributed by atoms with E-state index >= 15 is 0 Å². The Morgan fingerprint density at radius 1 is 0.585 bits per heavy atom. The van der Waals surface area contributed by atoms with E-state index in [1.165, 1.54) is 75.5 Å². The molecule has 0 fully saturated rings. The number of fused-ring (bicyclic) bond motifs is 8. The molecule has 0 spiro atoms. The summed E-state index contributed by atoms with van der Waals surface area (Å²) in [5, 5.41) is 5.56. The number of hydrogen-bond donors (Lipinski definition) is 0. The highest BCUT2D eigenvalue weighted by Crippen LogP contribution is 2.47. The van der Waals surface area contributed by atoms with Crippen LogP contribution in [0.15, 0.2) is 127 Å². The van der Waals surface area contributed by atoms with Gasteiger partial charge >= 0.3 is 0 Å². The summed E-state index contributed by atoms with van der Waals surface area (Å²) in [6, 6.07) is 44.8. The van der Waals surface area contributed by atoms with Gasteiger partial charge in [0.1, 0.15) is 0 Å². The molecule has 8 rings (SSSR count). The lowest BCUT2D eigenvalue weighted by Gasteiger charge is -2.15. The second-order valence-electron chi connectivity index (χ2n) is 11.2. The molecule has 1 aliphatic carbocycles. The second kappa shape index (κ2) is 9.87. The van der Waals surface area contributed by atoms with Crippen LogP contribution in [0.1, 0.15) is 41.5 Å². The van der Waals surface area contributed by atoms with Gasteiger partial charge in [-0.05, 0) is 68.1 Å². The quantitative estimate of drug-likeness (QED) is 0.207. The molecule has 1 atom stereocenters. The van der Waals surface area contributed by atoms with Crippen molar-refractivity contribution >= 4 is 48.4 Å². The van der Waals surface area contributed by atoms with E-state index in [0.29, 0.717) is 5.92 Å². The van der Waals surface area contributed by atoms with Crippen LogP contribution >= 0.6 is 11.3 Å². The average Bonchev–Trinajstić information content (AvgIpc) is 3.46. The number of hydrogen-bond acceptors (Lipinski definition) is 1. The van der Waals surface area contributed by atoms with Crippen LogP contribution in [-0.2, 0) is 6.42 Å². The number of rotatable bonds is 4. The van der Waals surface area contributed by atoms with Crippen LogP contribution < -0.4 is 0 Å². The lowest BCUT2D eigenvalue weighted by Crippen LogP contribution is -1.96. The van der Waals surface area contributed by atoms with Gasteiger partial charge in [0.25, 0.3) is 0 Å². The van der Waals surface area contributed by atoms with Gasteiger partial charge in [-0.3, -0.25) is 0 Å². The zero-order valence-electron chi connectivity index (χ0n) is 23.1. The van der Waals surface area contributed by atoms with Crippen molar-refractivity contribution in [2.24, 2.45) is 0 Å². The molecule has 0 amide bonds. The summed E-state index contributed by atoms with van der Waals surface area (Å²) < 4.78 is 2.86. The Bertz CT molecular complexity index is 2090. The third-order valence-corrected chi connectivity index (χ3v) is 10.2. The number of allylic oxidation sites excluding steroid dienone is 1. The molecule has 0 saturated carbocycles. The molecule has 41 heavy (non-hydrogen) atoms. The first-order chi connectivity index (χ1) is 20.3. The van der Waals surface area contributed by atoms with Crippen molar-refractivity contribution in [2.45, 2.75) is 25.7 Å². The van der Waals surface area contributed by atoms with Crippen LogP contribution in [0.3, 0.4) is 0 Å². The Labute approximate surface area is 245 Å². The van der Waals surface area contributed by atoms with Crippen molar-refractivity contribution in [3.05, 3.63) is 150 Å². The first-order valence-electron chi connectivity index (χ1n) is 14.6. The van der Waals surface area contributed by atoms with Crippen molar-refractivity contribution in [3.8, 4) is 22.3 Å². The fourth-order valence-electron chi connectivity index (χ4n) is 6.68. The Kier molecular flexibility index (Phi) is 5.86. The third-order valence-electron chi connectivity index (χ3n) is 8.86. The fraction of sp³-hybridized carbons (Fsp3) is 0.100. The minimum atomic E-state index is 0.309. The zero-order chi connectivity index (χ0) is 27.3. The zero-order valence-corrected chi connectivity index (χ0v) is 23.9. The van der Waals surface area contributed by atoms with E-state index < -0.39 is 0 Å². The smallest absolute Gasteiger partial charge is 0.0434 e. The summed E-state index contributed by atoms with van der Waals surface area (Å²) in [4.78, 5) is 0. The number of thiophene rings is 1. The maximum atomic E-state index is 2.41. The van der Waals surface area contributed by atoms with Crippen molar-refractivity contribution in [1.29, 1.82) is 0 Å². The van der Waals surface area contributed by atoms with E-state index in [4.69, 9.17) is 0 Å². The second-order valence-corrected chi connectivity index (χ2v) is 12.2. The van der Waals surface area contributed by atoms with Crippen LogP contribution in [-0.4, -0.2) is 0 Å². The van der Waals surface area contributed by atoms with Crippen molar-refractivity contribution in [1.82, 2.24) is 0 Å². The Morgan fingerprint density at radius 2 is 1.29 bits per heavy atom. The third kappa shape index (κ3) is 4.04. The number of aryl methyl sites for hydroxylation is 1. The first-order valence-corrected chi connectivity index (χ1v) is 15.4. The summed E-state index contributed by atoms with van der Waals surface area (Å²) in [6.07, 6.45) is 6.92. The van der Waals surface area contributed by atoms with E-state index in [-0.39, 0.29) is 0 Å². The molecule has 1 heteroatoms. The molecule has 7 aromatic rings. The monoisotopic (exact) mass is 542 g/mol. The highest BCUT2D eigenvalue weighted by atomic mass is 32.1. The maximum Gasteiger partial charge on any atom is 0.0434 e. The molecule has 0 bridgehead atoms. The molecule has 196 valence electrons. The predicted octanol–water partition coefficient (Wildman–Crippen LogP) is 11.7. The molecule has 0 saturated heterocycles. The van der Waals surface area contributed by atoms with Gasteiger partial charge in [0.15, 0.2) is 0 Å². The molecule has 6 aromatic carbocycles. The Morgan fingerprint density at radius 3 is 2.15 bits per heavy atom. The Balaban J connectivity index is 1.24. The van der Waals surface area contributed by atoms with Crippen LogP contribution in [0.4, 0.5) is 0 Å². The predicted molar refractivity (Wildman–Crippen MR) is 179 cm³/mol. The van der Waals surface area contributed by atoms with Gasteiger partial charge in [0.2, 0.25) is 0 Å².